The van der Waals surface area contributed by atoms with Gasteiger partial charge in [-0.05, 0) is 18.2 Å². The maximum absolute atomic E-state index is 11.3. The van der Waals surface area contributed by atoms with Crippen molar-refractivity contribution < 1.29 is 9.32 Å². The molecule has 0 fully saturated rings. The first kappa shape index (κ1) is 11.8. The summed E-state index contributed by atoms with van der Waals surface area (Å²) in [5, 5.41) is 9.98. The summed E-state index contributed by atoms with van der Waals surface area (Å²) in [5.74, 6) is 0.499. The second-order valence-electron chi connectivity index (χ2n) is 3.95. The molecule has 7 heteroatoms. The zero-order chi connectivity index (χ0) is 13.4. The number of benzene rings is 1. The second kappa shape index (κ2) is 4.43. The highest BCUT2D eigenvalue weighted by Gasteiger charge is 2.12. The summed E-state index contributed by atoms with van der Waals surface area (Å²) >= 11 is 0. The van der Waals surface area contributed by atoms with Crippen LogP contribution in [0.1, 0.15) is 0 Å². The molecule has 3 aromatic rings. The highest BCUT2D eigenvalue weighted by molar-refractivity contribution is 7.84. The van der Waals surface area contributed by atoms with Gasteiger partial charge in [-0.25, -0.2) is 15.0 Å². The van der Waals surface area contributed by atoms with Crippen molar-refractivity contribution in [3.63, 3.8) is 0 Å². The summed E-state index contributed by atoms with van der Waals surface area (Å²) in [5.41, 5.74) is 1.56. The number of hydrogen-bond acceptors (Lipinski definition) is 5. The largest absolute Gasteiger partial charge is 0.507 e. The van der Waals surface area contributed by atoms with E-state index >= 15 is 0 Å². The molecule has 1 unspecified atom stereocenters. The molecule has 0 radical (unpaired) electrons. The second-order valence-corrected chi connectivity index (χ2v) is 5.33. The van der Waals surface area contributed by atoms with Gasteiger partial charge in [0, 0.05) is 34.3 Å². The first-order valence-corrected chi connectivity index (χ1v) is 7.04. The number of phenols is 1. The molecule has 0 amide bonds. The molecule has 1 atom stereocenters. The first-order chi connectivity index (χ1) is 9.15. The quantitative estimate of drug-likeness (QED) is 0.738. The highest BCUT2D eigenvalue weighted by atomic mass is 32.2. The third-order valence-electron chi connectivity index (χ3n) is 2.69. The molecule has 0 aliphatic carbocycles. The Balaban J connectivity index is 2.13. The van der Waals surface area contributed by atoms with E-state index in [1.165, 1.54) is 6.07 Å². The van der Waals surface area contributed by atoms with Crippen LogP contribution in [0.15, 0.2) is 35.5 Å². The Morgan fingerprint density at radius 1 is 1.26 bits per heavy atom. The molecule has 2 aromatic heterocycles. The Labute approximate surface area is 111 Å². The predicted molar refractivity (Wildman–Crippen MR) is 71.1 cm³/mol. The summed E-state index contributed by atoms with van der Waals surface area (Å²) in [6, 6.07) is 4.84. The number of nitrogens with one attached hydrogen (secondary N) is 1. The first-order valence-electron chi connectivity index (χ1n) is 5.48. The van der Waals surface area contributed by atoms with Crippen LogP contribution in [0.4, 0.5) is 0 Å². The standard InChI is InChI=1S/C12H10N4O2S/c1-19(18)7-2-3-8(9(17)6-7)10-15-11-12(16-10)14-5-4-13-11/h2-6,17H,1H3,(H,13,14,15,16). The third kappa shape index (κ3) is 2.08. The maximum Gasteiger partial charge on any atom is 0.197 e. The van der Waals surface area contributed by atoms with Crippen molar-refractivity contribution in [2.24, 2.45) is 0 Å². The molecular formula is C12H10N4O2S. The summed E-state index contributed by atoms with van der Waals surface area (Å²) in [6.45, 7) is 0. The van der Waals surface area contributed by atoms with E-state index in [9.17, 15) is 9.32 Å². The fourth-order valence-corrected chi connectivity index (χ4v) is 2.30. The molecular weight excluding hydrogens is 264 g/mol. The topological polar surface area (TPSA) is 91.8 Å². The average molecular weight is 274 g/mol. The molecule has 0 bridgehead atoms. The molecule has 0 saturated carbocycles. The summed E-state index contributed by atoms with van der Waals surface area (Å²) in [7, 11) is -1.13. The van der Waals surface area contributed by atoms with E-state index in [0.29, 0.717) is 27.6 Å². The van der Waals surface area contributed by atoms with Gasteiger partial charge in [-0.3, -0.25) is 4.21 Å². The van der Waals surface area contributed by atoms with Crippen LogP contribution >= 0.6 is 0 Å². The van der Waals surface area contributed by atoms with Gasteiger partial charge in [-0.15, -0.1) is 0 Å². The average Bonchev–Trinajstić information content (AvgIpc) is 2.81. The van der Waals surface area contributed by atoms with Crippen LogP contribution in [0, 0.1) is 0 Å². The Bertz CT molecular complexity index is 751. The lowest BCUT2D eigenvalue weighted by atomic mass is 10.2. The number of aromatic nitrogens is 4. The molecule has 19 heavy (non-hydrogen) atoms. The van der Waals surface area contributed by atoms with Crippen molar-refractivity contribution in [1.29, 1.82) is 0 Å². The molecule has 0 aliphatic rings. The van der Waals surface area contributed by atoms with Crippen molar-refractivity contribution in [2.45, 2.75) is 4.90 Å². The molecule has 0 spiro atoms. The van der Waals surface area contributed by atoms with Crippen LogP contribution in [-0.2, 0) is 10.8 Å². The monoisotopic (exact) mass is 274 g/mol. The van der Waals surface area contributed by atoms with E-state index in [4.69, 9.17) is 0 Å². The summed E-state index contributed by atoms with van der Waals surface area (Å²) < 4.78 is 11.3. The summed E-state index contributed by atoms with van der Waals surface area (Å²) in [4.78, 5) is 16.0. The van der Waals surface area contributed by atoms with Gasteiger partial charge in [-0.1, -0.05) is 0 Å². The zero-order valence-electron chi connectivity index (χ0n) is 9.99. The van der Waals surface area contributed by atoms with Gasteiger partial charge >= 0.3 is 0 Å². The van der Waals surface area contributed by atoms with Crippen LogP contribution in [0.3, 0.4) is 0 Å². The SMILES string of the molecule is CS(=O)c1ccc(-c2nc3nccnc3[nH]2)c(O)c1. The van der Waals surface area contributed by atoms with Crippen molar-refractivity contribution in [3.05, 3.63) is 30.6 Å². The van der Waals surface area contributed by atoms with Gasteiger partial charge in [0.25, 0.3) is 0 Å². The lowest BCUT2D eigenvalue weighted by molar-refractivity contribution is 0.475. The lowest BCUT2D eigenvalue weighted by Crippen LogP contribution is -1.89. The van der Waals surface area contributed by atoms with Crippen LogP contribution in [0.25, 0.3) is 22.7 Å². The molecule has 6 nitrogen and oxygen atoms in total. The Morgan fingerprint density at radius 2 is 2.05 bits per heavy atom. The number of aromatic hydroxyl groups is 1. The van der Waals surface area contributed by atoms with E-state index in [1.54, 1.807) is 30.8 Å². The molecule has 2 heterocycles. The van der Waals surface area contributed by atoms with Gasteiger partial charge in [-0.2, -0.15) is 0 Å². The van der Waals surface area contributed by atoms with Crippen molar-refractivity contribution in [3.8, 4) is 17.1 Å². The lowest BCUT2D eigenvalue weighted by Gasteiger charge is -2.03. The van der Waals surface area contributed by atoms with Crippen molar-refractivity contribution >= 4 is 22.1 Å². The minimum atomic E-state index is -1.13. The van der Waals surface area contributed by atoms with Gasteiger partial charge in [0.2, 0.25) is 0 Å². The normalized spacial score (nSPS) is 12.7. The van der Waals surface area contributed by atoms with Crippen LogP contribution in [0.5, 0.6) is 5.75 Å². The summed E-state index contributed by atoms with van der Waals surface area (Å²) in [6.07, 6.45) is 4.67. The van der Waals surface area contributed by atoms with Crippen LogP contribution < -0.4 is 0 Å². The van der Waals surface area contributed by atoms with Crippen molar-refractivity contribution in [1.82, 2.24) is 19.9 Å². The number of fused-ring (bicyclic) bond motifs is 1. The van der Waals surface area contributed by atoms with E-state index in [1.807, 2.05) is 0 Å². The number of nitrogens with zero attached hydrogens (tertiary/aromatic N) is 3. The number of H-pyrrole nitrogens is 1. The van der Waals surface area contributed by atoms with E-state index < -0.39 is 10.8 Å². The van der Waals surface area contributed by atoms with Gasteiger partial charge in [0.15, 0.2) is 11.3 Å². The molecule has 1 aromatic carbocycles. The Kier molecular flexibility index (Phi) is 2.75. The smallest absolute Gasteiger partial charge is 0.197 e. The number of phenolic OH excluding ortho intramolecular Hbond substituents is 1. The van der Waals surface area contributed by atoms with Crippen LogP contribution in [-0.4, -0.2) is 35.5 Å². The molecule has 3 rings (SSSR count). The Hall–Kier alpha value is -2.28. The molecule has 0 aliphatic heterocycles. The Morgan fingerprint density at radius 3 is 2.74 bits per heavy atom. The molecule has 2 N–H and O–H groups in total. The van der Waals surface area contributed by atoms with Crippen LogP contribution in [0.2, 0.25) is 0 Å². The van der Waals surface area contributed by atoms with Gasteiger partial charge in [0.1, 0.15) is 11.6 Å². The number of aromatic amines is 1. The third-order valence-corrected chi connectivity index (χ3v) is 3.61. The van der Waals surface area contributed by atoms with E-state index in [2.05, 4.69) is 19.9 Å². The fraction of sp³-hybridized carbons (Fsp3) is 0.0833. The van der Waals surface area contributed by atoms with E-state index in [-0.39, 0.29) is 5.75 Å². The van der Waals surface area contributed by atoms with Gasteiger partial charge < -0.3 is 10.1 Å². The minimum absolute atomic E-state index is 0.0201. The number of imidazole rings is 1. The minimum Gasteiger partial charge on any atom is -0.507 e. The fourth-order valence-electron chi connectivity index (χ4n) is 1.76. The van der Waals surface area contributed by atoms with E-state index in [0.717, 1.165) is 0 Å². The predicted octanol–water partition coefficient (Wildman–Crippen LogP) is 1.46. The maximum atomic E-state index is 11.3. The number of hydrogen-bond donors (Lipinski definition) is 2. The van der Waals surface area contributed by atoms with Gasteiger partial charge in [0.05, 0.1) is 5.56 Å². The number of rotatable bonds is 2. The molecule has 96 valence electrons. The highest BCUT2D eigenvalue weighted by Crippen LogP contribution is 2.29. The molecule has 0 saturated heterocycles. The van der Waals surface area contributed by atoms with Crippen molar-refractivity contribution in [2.75, 3.05) is 6.26 Å². The zero-order valence-corrected chi connectivity index (χ0v) is 10.8.